The quantitative estimate of drug-likeness (QED) is 0.129. The van der Waals surface area contributed by atoms with E-state index in [1.807, 2.05) is 0 Å². The lowest BCUT2D eigenvalue weighted by Crippen LogP contribution is -2.12. The van der Waals surface area contributed by atoms with Crippen LogP contribution in [-0.4, -0.2) is 13.7 Å². The van der Waals surface area contributed by atoms with Crippen LogP contribution in [0.15, 0.2) is 322 Å². The van der Waals surface area contributed by atoms with E-state index in [0.717, 1.165) is 107 Å². The van der Waals surface area contributed by atoms with Gasteiger partial charge in [-0.15, -0.1) is 0 Å². The third kappa shape index (κ3) is 8.08. The maximum atomic E-state index is 2.45. The molecule has 0 aliphatic carbocycles. The zero-order chi connectivity index (χ0) is 54.8. The van der Waals surface area contributed by atoms with Gasteiger partial charge in [0, 0.05) is 83.4 Å². The molecule has 0 radical (unpaired) electrons. The van der Waals surface area contributed by atoms with Gasteiger partial charge in [0.25, 0.3) is 0 Å². The lowest BCUT2D eigenvalue weighted by molar-refractivity contribution is 1.13. The molecule has 0 bridgehead atoms. The molecule has 16 rings (SSSR count). The summed E-state index contributed by atoms with van der Waals surface area (Å²) in [6.45, 7) is 0. The summed E-state index contributed by atoms with van der Waals surface area (Å²) in [5, 5.41) is 7.31. The Kier molecular flexibility index (Phi) is 11.5. The molecule has 16 aromatic rings. The van der Waals surface area contributed by atoms with E-state index in [2.05, 4.69) is 345 Å². The second kappa shape index (κ2) is 19.9. The Balaban J connectivity index is 1.02. The van der Waals surface area contributed by atoms with Gasteiger partial charge in [-0.1, -0.05) is 188 Å². The Morgan fingerprint density at radius 3 is 0.855 bits per heavy atom. The first-order valence-corrected chi connectivity index (χ1v) is 28.4. The maximum Gasteiger partial charge on any atom is 0.0541 e. The minimum atomic E-state index is 1.03. The molecule has 5 nitrogen and oxygen atoms in total. The monoisotopic (exact) mass is 1060 g/mol. The van der Waals surface area contributed by atoms with E-state index < -0.39 is 0 Å². The van der Waals surface area contributed by atoms with Crippen LogP contribution in [0.3, 0.4) is 0 Å². The van der Waals surface area contributed by atoms with Crippen LogP contribution in [0.2, 0.25) is 0 Å². The van der Waals surface area contributed by atoms with Gasteiger partial charge in [0.1, 0.15) is 0 Å². The molecule has 0 N–H and O–H groups in total. The van der Waals surface area contributed by atoms with E-state index in [1.54, 1.807) is 0 Å². The van der Waals surface area contributed by atoms with Gasteiger partial charge < -0.3 is 23.5 Å². The van der Waals surface area contributed by atoms with Gasteiger partial charge in [-0.05, 0) is 150 Å². The molecular weight excluding hydrogens is 1010 g/mol. The Labute approximate surface area is 481 Å². The first-order valence-electron chi connectivity index (χ1n) is 28.4. The van der Waals surface area contributed by atoms with Gasteiger partial charge in [-0.3, -0.25) is 0 Å². The lowest BCUT2D eigenvalue weighted by Gasteiger charge is -2.30. The lowest BCUT2D eigenvalue weighted by atomic mass is 9.94. The third-order valence-corrected chi connectivity index (χ3v) is 16.5. The predicted octanol–water partition coefficient (Wildman–Crippen LogP) is 21.3. The molecule has 5 heteroatoms. The standard InChI is InChI=1S/C78H53N5/c1-5-25-57(26-6-1)79(58-27-7-2-8-28-58)61-49-56(50-64(52-61)83-76-43-23-17-37-69(76)70-38-18-24-44-77(70)83)71-51-54(45-46-78(71)80(59-29-9-3-10-30-59)60-31-11-4-12-32-60)55-47-62(81-72-39-19-13-33-65(72)66-34-14-20-40-73(66)81)53-63(48-55)82-74-41-21-15-35-67(74)68-36-16-22-42-75(68)82/h1-53H. The molecule has 0 atom stereocenters. The number of rotatable bonds is 11. The fourth-order valence-electron chi connectivity index (χ4n) is 13.0. The smallest absolute Gasteiger partial charge is 0.0541 e. The molecule has 0 unspecified atom stereocenters. The topological polar surface area (TPSA) is 21.3 Å². The van der Waals surface area contributed by atoms with E-state index in [9.17, 15) is 0 Å². The van der Waals surface area contributed by atoms with Crippen molar-refractivity contribution < 1.29 is 0 Å². The highest BCUT2D eigenvalue weighted by Gasteiger charge is 2.24. The summed E-state index contributed by atoms with van der Waals surface area (Å²) in [7, 11) is 0. The van der Waals surface area contributed by atoms with Crippen LogP contribution >= 0.6 is 0 Å². The summed E-state index contributed by atoms with van der Waals surface area (Å²) in [6.07, 6.45) is 0. The van der Waals surface area contributed by atoms with Crippen molar-refractivity contribution in [3.8, 4) is 39.3 Å². The van der Waals surface area contributed by atoms with Crippen molar-refractivity contribution in [2.24, 2.45) is 0 Å². The van der Waals surface area contributed by atoms with Gasteiger partial charge in [-0.2, -0.15) is 0 Å². The number of benzene rings is 13. The average Bonchev–Trinajstić information content (AvgIpc) is 4.08. The van der Waals surface area contributed by atoms with E-state index in [-0.39, 0.29) is 0 Å². The molecule has 13 aromatic carbocycles. The number of nitrogens with zero attached hydrogens (tertiary/aromatic N) is 5. The molecule has 0 amide bonds. The van der Waals surface area contributed by atoms with Gasteiger partial charge in [0.05, 0.1) is 38.8 Å². The van der Waals surface area contributed by atoms with Crippen LogP contribution < -0.4 is 9.80 Å². The van der Waals surface area contributed by atoms with Crippen LogP contribution in [0.4, 0.5) is 34.1 Å². The predicted molar refractivity (Wildman–Crippen MR) is 350 cm³/mol. The van der Waals surface area contributed by atoms with Gasteiger partial charge in [-0.25, -0.2) is 0 Å². The van der Waals surface area contributed by atoms with E-state index in [0.29, 0.717) is 0 Å². The average molecular weight is 1060 g/mol. The van der Waals surface area contributed by atoms with Crippen molar-refractivity contribution >= 4 is 99.5 Å². The molecule has 0 aliphatic rings. The Hall–Kier alpha value is -11.1. The number of fused-ring (bicyclic) bond motifs is 9. The number of hydrogen-bond acceptors (Lipinski definition) is 2. The molecule has 0 spiro atoms. The highest BCUT2D eigenvalue weighted by molar-refractivity contribution is 6.12. The van der Waals surface area contributed by atoms with Crippen molar-refractivity contribution in [3.63, 3.8) is 0 Å². The highest BCUT2D eigenvalue weighted by atomic mass is 15.2. The summed E-state index contributed by atoms with van der Waals surface area (Å²) >= 11 is 0. The normalized spacial score (nSPS) is 11.6. The summed E-state index contributed by atoms with van der Waals surface area (Å²) in [6, 6.07) is 117. The SMILES string of the molecule is c1ccc(N(c2ccccc2)c2cc(-c3cc(-c4cc(-n5c6ccccc6c6ccccc65)cc(-n5c6ccccc6c6ccccc65)c4)ccc3N(c3ccccc3)c3ccccc3)cc(-n3c4ccccc4c4ccccc43)c2)cc1. The van der Waals surface area contributed by atoms with E-state index in [1.165, 1.54) is 32.3 Å². The van der Waals surface area contributed by atoms with Crippen molar-refractivity contribution in [2.75, 3.05) is 9.80 Å². The molecule has 3 aromatic heterocycles. The summed E-state index contributed by atoms with van der Waals surface area (Å²) < 4.78 is 7.36. The Morgan fingerprint density at radius 1 is 0.193 bits per heavy atom. The maximum absolute atomic E-state index is 2.45. The van der Waals surface area contributed by atoms with Crippen LogP contribution in [-0.2, 0) is 0 Å². The number of aromatic nitrogens is 3. The zero-order valence-electron chi connectivity index (χ0n) is 45.3. The minimum Gasteiger partial charge on any atom is -0.310 e. The molecule has 0 aliphatic heterocycles. The van der Waals surface area contributed by atoms with E-state index >= 15 is 0 Å². The largest absolute Gasteiger partial charge is 0.310 e. The Morgan fingerprint density at radius 2 is 0.494 bits per heavy atom. The van der Waals surface area contributed by atoms with Crippen molar-refractivity contribution in [2.45, 2.75) is 0 Å². The summed E-state index contributed by atoms with van der Waals surface area (Å²) in [5.74, 6) is 0. The fraction of sp³-hybridized carbons (Fsp3) is 0. The number of anilines is 6. The summed E-state index contributed by atoms with van der Waals surface area (Å²) in [5.41, 5.74) is 20.8. The minimum absolute atomic E-state index is 1.03. The Bertz CT molecular complexity index is 4720. The van der Waals surface area contributed by atoms with Crippen molar-refractivity contribution in [1.29, 1.82) is 0 Å². The van der Waals surface area contributed by atoms with Gasteiger partial charge in [0.15, 0.2) is 0 Å². The first kappa shape index (κ1) is 47.8. The molecule has 3 heterocycles. The molecule has 0 fully saturated rings. The molecular formula is C78H53N5. The second-order valence-electron chi connectivity index (χ2n) is 21.3. The number of para-hydroxylation sites is 10. The third-order valence-electron chi connectivity index (χ3n) is 16.5. The van der Waals surface area contributed by atoms with Crippen LogP contribution in [0.5, 0.6) is 0 Å². The number of hydrogen-bond donors (Lipinski definition) is 0. The second-order valence-corrected chi connectivity index (χ2v) is 21.3. The van der Waals surface area contributed by atoms with Crippen LogP contribution in [0.1, 0.15) is 0 Å². The molecule has 83 heavy (non-hydrogen) atoms. The molecule has 0 saturated carbocycles. The van der Waals surface area contributed by atoms with E-state index in [4.69, 9.17) is 0 Å². The molecule has 0 saturated heterocycles. The van der Waals surface area contributed by atoms with Crippen LogP contribution in [0, 0.1) is 0 Å². The highest BCUT2D eigenvalue weighted by Crippen LogP contribution is 2.47. The zero-order valence-corrected chi connectivity index (χ0v) is 45.3. The molecule has 390 valence electrons. The van der Waals surface area contributed by atoms with Crippen molar-refractivity contribution in [3.05, 3.63) is 322 Å². The van der Waals surface area contributed by atoms with Gasteiger partial charge in [0.2, 0.25) is 0 Å². The van der Waals surface area contributed by atoms with Crippen LogP contribution in [0.25, 0.3) is 105 Å². The summed E-state index contributed by atoms with van der Waals surface area (Å²) in [4.78, 5) is 4.81. The van der Waals surface area contributed by atoms with Gasteiger partial charge >= 0.3 is 0 Å². The first-order chi connectivity index (χ1) is 41.2. The van der Waals surface area contributed by atoms with Crippen molar-refractivity contribution in [1.82, 2.24) is 13.7 Å². The fourth-order valence-corrected chi connectivity index (χ4v) is 13.0.